The number of aromatic nitrogens is 3. The summed E-state index contributed by atoms with van der Waals surface area (Å²) in [4.78, 5) is 15.5. The maximum Gasteiger partial charge on any atom is 0.231 e. The van der Waals surface area contributed by atoms with Gasteiger partial charge in [-0.3, -0.25) is 0 Å². The molecule has 7 heteroatoms. The van der Waals surface area contributed by atoms with Crippen LogP contribution in [0.25, 0.3) is 0 Å². The van der Waals surface area contributed by atoms with Crippen molar-refractivity contribution in [2.75, 3.05) is 48.5 Å². The van der Waals surface area contributed by atoms with Gasteiger partial charge in [0.25, 0.3) is 0 Å². The molecule has 0 radical (unpaired) electrons. The Balaban J connectivity index is 2.11. The van der Waals surface area contributed by atoms with Crippen LogP contribution in [0.15, 0.2) is 0 Å². The fraction of sp³-hybridized carbons (Fsp3) is 0.750. The molecule has 1 aliphatic heterocycles. The fourth-order valence-corrected chi connectivity index (χ4v) is 2.18. The van der Waals surface area contributed by atoms with E-state index in [1.165, 1.54) is 12.8 Å². The van der Waals surface area contributed by atoms with E-state index in [0.717, 1.165) is 25.6 Å². The highest BCUT2D eigenvalue weighted by Gasteiger charge is 2.17. The van der Waals surface area contributed by atoms with Crippen molar-refractivity contribution < 1.29 is 0 Å². The van der Waals surface area contributed by atoms with E-state index < -0.39 is 0 Å². The van der Waals surface area contributed by atoms with E-state index in [1.807, 2.05) is 18.8 Å². The molecule has 6 nitrogen and oxygen atoms in total. The van der Waals surface area contributed by atoms with Crippen molar-refractivity contribution in [2.24, 2.45) is 0 Å². The van der Waals surface area contributed by atoms with Gasteiger partial charge in [0.05, 0.1) is 0 Å². The first-order valence-corrected chi connectivity index (χ1v) is 7.97. The molecule has 1 aliphatic rings. The molecule has 0 amide bonds. The van der Waals surface area contributed by atoms with E-state index in [0.29, 0.717) is 17.1 Å². The molecular formula is C12H22N6S. The second-order valence-corrected chi connectivity index (χ2v) is 5.93. The minimum Gasteiger partial charge on any atom is -0.357 e. The Hall–Kier alpha value is -1.24. The molecule has 106 valence electrons. The van der Waals surface area contributed by atoms with Gasteiger partial charge in [-0.25, -0.2) is 0 Å². The topological polar surface area (TPSA) is 66.0 Å². The molecule has 0 bridgehead atoms. The first-order chi connectivity index (χ1) is 9.22. The van der Waals surface area contributed by atoms with Crippen LogP contribution < -0.4 is 15.5 Å². The molecule has 1 atom stereocenters. The number of hydrogen-bond donors (Lipinski definition) is 2. The van der Waals surface area contributed by atoms with Crippen LogP contribution in [-0.2, 0) is 0 Å². The van der Waals surface area contributed by atoms with Gasteiger partial charge >= 0.3 is 0 Å². The van der Waals surface area contributed by atoms with E-state index in [9.17, 15) is 0 Å². The van der Waals surface area contributed by atoms with Crippen LogP contribution in [-0.4, -0.2) is 53.1 Å². The Bertz CT molecular complexity index is 407. The zero-order chi connectivity index (χ0) is 13.7. The molecule has 0 spiro atoms. The van der Waals surface area contributed by atoms with Crippen molar-refractivity contribution in [2.45, 2.75) is 25.0 Å². The standard InChI is InChI=1S/C12H22N6S/c1-9(19-3)8-14-11-15-10(13-2)16-12(17-11)18-6-4-5-7-18/h9H,4-8H2,1-3H3,(H2,13,14,15,16,17). The summed E-state index contributed by atoms with van der Waals surface area (Å²) >= 11 is 1.82. The highest BCUT2D eigenvalue weighted by atomic mass is 32.2. The second kappa shape index (κ2) is 6.79. The lowest BCUT2D eigenvalue weighted by molar-refractivity contribution is 0.874. The summed E-state index contributed by atoms with van der Waals surface area (Å²) in [7, 11) is 1.83. The third kappa shape index (κ3) is 3.86. The van der Waals surface area contributed by atoms with E-state index in [2.05, 4.69) is 43.7 Å². The van der Waals surface area contributed by atoms with Crippen LogP contribution in [0.5, 0.6) is 0 Å². The largest absolute Gasteiger partial charge is 0.357 e. The minimum atomic E-state index is 0.532. The summed E-state index contributed by atoms with van der Waals surface area (Å²) in [6, 6.07) is 0. The van der Waals surface area contributed by atoms with Crippen molar-refractivity contribution in [1.82, 2.24) is 15.0 Å². The maximum atomic E-state index is 4.51. The van der Waals surface area contributed by atoms with Crippen LogP contribution in [0.4, 0.5) is 17.8 Å². The number of nitrogens with one attached hydrogen (secondary N) is 2. The van der Waals surface area contributed by atoms with Gasteiger partial charge in [-0.2, -0.15) is 26.7 Å². The summed E-state index contributed by atoms with van der Waals surface area (Å²) in [6.07, 6.45) is 4.54. The fourth-order valence-electron chi connectivity index (χ4n) is 1.93. The molecule has 0 aromatic carbocycles. The molecule has 2 rings (SSSR count). The summed E-state index contributed by atoms with van der Waals surface area (Å²) in [6.45, 7) is 5.11. The third-order valence-corrected chi connectivity index (χ3v) is 4.16. The van der Waals surface area contributed by atoms with Gasteiger partial charge in [-0.1, -0.05) is 6.92 Å². The van der Waals surface area contributed by atoms with E-state index in [1.54, 1.807) is 0 Å². The van der Waals surface area contributed by atoms with Crippen molar-refractivity contribution in [3.8, 4) is 0 Å². The predicted octanol–water partition coefficient (Wildman–Crippen LogP) is 1.68. The molecule has 1 fully saturated rings. The van der Waals surface area contributed by atoms with Crippen LogP contribution in [0.1, 0.15) is 19.8 Å². The number of rotatable bonds is 6. The number of thioether (sulfide) groups is 1. The van der Waals surface area contributed by atoms with E-state index in [-0.39, 0.29) is 0 Å². The van der Waals surface area contributed by atoms with Crippen molar-refractivity contribution in [3.63, 3.8) is 0 Å². The molecule has 1 saturated heterocycles. The first kappa shape index (κ1) is 14.2. The Kier molecular flexibility index (Phi) is 5.07. The summed E-state index contributed by atoms with van der Waals surface area (Å²) in [5.41, 5.74) is 0. The lowest BCUT2D eigenvalue weighted by atomic mass is 10.4. The summed E-state index contributed by atoms with van der Waals surface area (Å²) in [5, 5.41) is 6.82. The lowest BCUT2D eigenvalue weighted by Crippen LogP contribution is -2.23. The van der Waals surface area contributed by atoms with Crippen molar-refractivity contribution >= 4 is 29.6 Å². The van der Waals surface area contributed by atoms with Crippen LogP contribution in [0.3, 0.4) is 0 Å². The zero-order valence-corrected chi connectivity index (χ0v) is 12.6. The van der Waals surface area contributed by atoms with E-state index >= 15 is 0 Å². The Morgan fingerprint density at radius 3 is 2.53 bits per heavy atom. The average molecular weight is 282 g/mol. The Labute approximate surface area is 118 Å². The molecular weight excluding hydrogens is 260 g/mol. The Morgan fingerprint density at radius 1 is 1.21 bits per heavy atom. The Morgan fingerprint density at radius 2 is 1.89 bits per heavy atom. The zero-order valence-electron chi connectivity index (χ0n) is 11.8. The smallest absolute Gasteiger partial charge is 0.231 e. The highest BCUT2D eigenvalue weighted by molar-refractivity contribution is 7.99. The van der Waals surface area contributed by atoms with Gasteiger partial charge in [0.1, 0.15) is 0 Å². The molecule has 0 aliphatic carbocycles. The monoisotopic (exact) mass is 282 g/mol. The molecule has 0 saturated carbocycles. The van der Waals surface area contributed by atoms with Gasteiger partial charge in [0.2, 0.25) is 17.8 Å². The molecule has 1 aromatic heterocycles. The molecule has 1 aromatic rings. The van der Waals surface area contributed by atoms with Gasteiger partial charge in [-0.05, 0) is 19.1 Å². The normalized spacial score (nSPS) is 16.5. The minimum absolute atomic E-state index is 0.532. The summed E-state index contributed by atoms with van der Waals surface area (Å²) in [5.74, 6) is 2.05. The van der Waals surface area contributed by atoms with Crippen molar-refractivity contribution in [3.05, 3.63) is 0 Å². The number of anilines is 3. The SMILES string of the molecule is CNc1nc(NCC(C)SC)nc(N2CCCC2)n1. The summed E-state index contributed by atoms with van der Waals surface area (Å²) < 4.78 is 0. The number of hydrogen-bond acceptors (Lipinski definition) is 7. The van der Waals surface area contributed by atoms with Crippen LogP contribution in [0.2, 0.25) is 0 Å². The quantitative estimate of drug-likeness (QED) is 0.823. The second-order valence-electron chi connectivity index (χ2n) is 4.65. The number of nitrogens with zero attached hydrogens (tertiary/aromatic N) is 4. The lowest BCUT2D eigenvalue weighted by Gasteiger charge is -2.17. The van der Waals surface area contributed by atoms with Gasteiger partial charge in [-0.15, -0.1) is 0 Å². The molecule has 19 heavy (non-hydrogen) atoms. The first-order valence-electron chi connectivity index (χ1n) is 6.68. The molecule has 2 N–H and O–H groups in total. The van der Waals surface area contributed by atoms with Crippen molar-refractivity contribution in [1.29, 1.82) is 0 Å². The van der Waals surface area contributed by atoms with Gasteiger partial charge < -0.3 is 15.5 Å². The predicted molar refractivity (Wildman–Crippen MR) is 82.3 cm³/mol. The average Bonchev–Trinajstić information content (AvgIpc) is 2.98. The third-order valence-electron chi connectivity index (χ3n) is 3.19. The molecule has 2 heterocycles. The van der Waals surface area contributed by atoms with Crippen LogP contribution in [0, 0.1) is 0 Å². The maximum absolute atomic E-state index is 4.51. The van der Waals surface area contributed by atoms with E-state index in [4.69, 9.17) is 0 Å². The van der Waals surface area contributed by atoms with Crippen LogP contribution >= 0.6 is 11.8 Å². The van der Waals surface area contributed by atoms with Gasteiger partial charge in [0, 0.05) is 31.9 Å². The van der Waals surface area contributed by atoms with Gasteiger partial charge in [0.15, 0.2) is 0 Å². The highest BCUT2D eigenvalue weighted by Crippen LogP contribution is 2.18. The molecule has 1 unspecified atom stereocenters.